The van der Waals surface area contributed by atoms with Crippen LogP contribution in [-0.2, 0) is 19.4 Å². The number of benzene rings is 3. The van der Waals surface area contributed by atoms with E-state index in [4.69, 9.17) is 4.74 Å². The maximum Gasteiger partial charge on any atom is 0.340 e. The van der Waals surface area contributed by atoms with E-state index in [1.165, 1.54) is 11.0 Å². The van der Waals surface area contributed by atoms with Gasteiger partial charge in [0.05, 0.1) is 23.0 Å². The topological polar surface area (TPSA) is 92.8 Å². The minimum atomic E-state index is -3.38. The molecule has 8 heteroatoms. The first kappa shape index (κ1) is 22.3. The molecular formula is C25H22N2O5S. The van der Waals surface area contributed by atoms with Gasteiger partial charge < -0.3 is 15.0 Å². The third-order valence-electron chi connectivity index (χ3n) is 5.07. The lowest BCUT2D eigenvalue weighted by atomic mass is 10.1. The van der Waals surface area contributed by atoms with Gasteiger partial charge in [-0.2, -0.15) is 0 Å². The Labute approximate surface area is 192 Å². The summed E-state index contributed by atoms with van der Waals surface area (Å²) in [6.07, 6.45) is 1.47. The Bertz CT molecular complexity index is 1270. The zero-order valence-corrected chi connectivity index (χ0v) is 18.4. The maximum absolute atomic E-state index is 13.1. The van der Waals surface area contributed by atoms with Crippen molar-refractivity contribution in [2.75, 3.05) is 22.6 Å². The molecule has 1 N–H and O–H groups in total. The number of esters is 1. The Morgan fingerprint density at radius 1 is 0.909 bits per heavy atom. The molecular weight excluding hydrogens is 440 g/mol. The number of sulfone groups is 1. The normalized spacial score (nSPS) is 16.2. The van der Waals surface area contributed by atoms with Crippen molar-refractivity contribution in [3.8, 4) is 0 Å². The first-order valence-electron chi connectivity index (χ1n) is 10.3. The highest BCUT2D eigenvalue weighted by atomic mass is 32.2. The average molecular weight is 463 g/mol. The predicted octanol–water partition coefficient (Wildman–Crippen LogP) is 3.93. The molecule has 1 amide bonds. The van der Waals surface area contributed by atoms with Gasteiger partial charge in [0, 0.05) is 16.8 Å². The fourth-order valence-electron chi connectivity index (χ4n) is 3.55. The molecule has 1 aliphatic heterocycles. The summed E-state index contributed by atoms with van der Waals surface area (Å²) >= 11 is 0. The molecule has 4 rings (SSSR count). The Morgan fingerprint density at radius 3 is 2.21 bits per heavy atom. The van der Waals surface area contributed by atoms with Crippen LogP contribution in [0.25, 0.3) is 0 Å². The summed E-state index contributed by atoms with van der Waals surface area (Å²) in [6, 6.07) is 24.3. The zero-order chi connectivity index (χ0) is 23.3. The summed E-state index contributed by atoms with van der Waals surface area (Å²) in [7, 11) is -3.38. The summed E-state index contributed by atoms with van der Waals surface area (Å²) in [5.74, 6) is -1.40. The fourth-order valence-corrected chi connectivity index (χ4v) is 4.82. The van der Waals surface area contributed by atoms with Crippen molar-refractivity contribution in [1.29, 1.82) is 0 Å². The number of para-hydroxylation sites is 3. The summed E-state index contributed by atoms with van der Waals surface area (Å²) in [4.78, 5) is 27.2. The van der Waals surface area contributed by atoms with E-state index in [-0.39, 0.29) is 11.3 Å². The van der Waals surface area contributed by atoms with Gasteiger partial charge in [0.1, 0.15) is 0 Å². The molecule has 1 unspecified atom stereocenters. The maximum atomic E-state index is 13.1. The molecule has 0 aliphatic carbocycles. The van der Waals surface area contributed by atoms with Gasteiger partial charge in [0.15, 0.2) is 16.4 Å². The molecule has 3 aromatic rings. The quantitative estimate of drug-likeness (QED) is 0.535. The van der Waals surface area contributed by atoms with E-state index in [2.05, 4.69) is 5.32 Å². The highest BCUT2D eigenvalue weighted by Crippen LogP contribution is 2.24. The lowest BCUT2D eigenvalue weighted by molar-refractivity contribution is -0.121. The summed E-state index contributed by atoms with van der Waals surface area (Å²) in [5, 5.41) is 4.28. The minimum absolute atomic E-state index is 0.217. The average Bonchev–Trinajstić information content (AvgIpc) is 3.18. The molecule has 0 bridgehead atoms. The predicted molar refractivity (Wildman–Crippen MR) is 127 cm³/mol. The highest BCUT2D eigenvalue weighted by molar-refractivity contribution is 7.94. The van der Waals surface area contributed by atoms with Crippen LogP contribution in [0.2, 0.25) is 0 Å². The fraction of sp³-hybridized carbons (Fsp3) is 0.120. The van der Waals surface area contributed by atoms with E-state index in [1.54, 1.807) is 54.6 Å². The van der Waals surface area contributed by atoms with Crippen molar-refractivity contribution < 1.29 is 22.7 Å². The van der Waals surface area contributed by atoms with Gasteiger partial charge >= 0.3 is 5.97 Å². The first-order chi connectivity index (χ1) is 15.9. The highest BCUT2D eigenvalue weighted by Gasteiger charge is 2.32. The Morgan fingerprint density at radius 2 is 1.55 bits per heavy atom. The second-order valence-corrected chi connectivity index (χ2v) is 9.37. The molecule has 3 aromatic carbocycles. The van der Waals surface area contributed by atoms with Crippen LogP contribution in [0.15, 0.2) is 96.4 Å². The number of amides is 1. The Hall–Kier alpha value is -3.91. The summed E-state index contributed by atoms with van der Waals surface area (Å²) in [5.41, 5.74) is 2.16. The van der Waals surface area contributed by atoms with Gasteiger partial charge in [-0.05, 0) is 42.5 Å². The van der Waals surface area contributed by atoms with E-state index in [0.29, 0.717) is 11.4 Å². The van der Waals surface area contributed by atoms with Crippen molar-refractivity contribution in [3.63, 3.8) is 0 Å². The summed E-state index contributed by atoms with van der Waals surface area (Å²) in [6.45, 7) is -0.530. The largest absolute Gasteiger partial charge is 0.452 e. The Kier molecular flexibility index (Phi) is 6.55. The molecule has 0 fully saturated rings. The van der Waals surface area contributed by atoms with Crippen LogP contribution in [0.3, 0.4) is 0 Å². The number of nitrogens with one attached hydrogen (secondary N) is 1. The van der Waals surface area contributed by atoms with Gasteiger partial charge in [-0.15, -0.1) is 0 Å². The molecule has 168 valence electrons. The second kappa shape index (κ2) is 9.70. The molecule has 0 saturated heterocycles. The van der Waals surface area contributed by atoms with E-state index in [9.17, 15) is 18.0 Å². The number of rotatable bonds is 7. The third kappa shape index (κ3) is 5.48. The standard InChI is InChI=1S/C25H22N2O5S/c28-24(27(20-11-5-2-6-12-20)21-15-16-33(30,31)18-21)17-32-25(29)22-13-7-8-14-23(22)26-19-9-3-1-4-10-19/h1-16,21,26H,17-18H2. The zero-order valence-electron chi connectivity index (χ0n) is 17.6. The molecule has 1 atom stereocenters. The van der Waals surface area contributed by atoms with Crippen molar-refractivity contribution >= 4 is 38.8 Å². The van der Waals surface area contributed by atoms with E-state index >= 15 is 0 Å². The SMILES string of the molecule is O=C(OCC(=O)N(c1ccccc1)C1C=CS(=O)(=O)C1)c1ccccc1Nc1ccccc1. The minimum Gasteiger partial charge on any atom is -0.452 e. The van der Waals surface area contributed by atoms with Gasteiger partial charge in [-0.25, -0.2) is 13.2 Å². The van der Waals surface area contributed by atoms with E-state index in [1.807, 2.05) is 30.3 Å². The molecule has 0 aromatic heterocycles. The van der Waals surface area contributed by atoms with Gasteiger partial charge in [0.2, 0.25) is 0 Å². The van der Waals surface area contributed by atoms with Crippen molar-refractivity contribution in [2.45, 2.75) is 6.04 Å². The molecule has 1 heterocycles. The number of ether oxygens (including phenoxy) is 1. The number of anilines is 3. The van der Waals surface area contributed by atoms with Crippen LogP contribution in [0.4, 0.5) is 17.1 Å². The van der Waals surface area contributed by atoms with Crippen LogP contribution in [0, 0.1) is 0 Å². The molecule has 1 aliphatic rings. The Balaban J connectivity index is 1.49. The number of hydrogen-bond donors (Lipinski definition) is 1. The molecule has 0 spiro atoms. The molecule has 33 heavy (non-hydrogen) atoms. The molecule has 0 saturated carbocycles. The van der Waals surface area contributed by atoms with Crippen LogP contribution in [0.1, 0.15) is 10.4 Å². The lowest BCUT2D eigenvalue weighted by Gasteiger charge is -2.27. The van der Waals surface area contributed by atoms with E-state index < -0.39 is 34.4 Å². The molecule has 0 radical (unpaired) electrons. The van der Waals surface area contributed by atoms with E-state index in [0.717, 1.165) is 11.1 Å². The van der Waals surface area contributed by atoms with Crippen LogP contribution in [-0.4, -0.2) is 38.7 Å². The third-order valence-corrected chi connectivity index (χ3v) is 6.45. The van der Waals surface area contributed by atoms with Crippen molar-refractivity contribution in [1.82, 2.24) is 0 Å². The van der Waals surface area contributed by atoms with Crippen molar-refractivity contribution in [2.24, 2.45) is 0 Å². The second-order valence-electron chi connectivity index (χ2n) is 7.44. The van der Waals surface area contributed by atoms with Crippen LogP contribution >= 0.6 is 0 Å². The van der Waals surface area contributed by atoms with Gasteiger partial charge in [0.25, 0.3) is 5.91 Å². The number of carbonyl (C=O) groups is 2. The number of hydrogen-bond acceptors (Lipinski definition) is 6. The first-order valence-corrected chi connectivity index (χ1v) is 12.0. The van der Waals surface area contributed by atoms with Gasteiger partial charge in [-0.3, -0.25) is 4.79 Å². The smallest absolute Gasteiger partial charge is 0.340 e. The number of carbonyl (C=O) groups excluding carboxylic acids is 2. The van der Waals surface area contributed by atoms with Crippen molar-refractivity contribution in [3.05, 3.63) is 102 Å². The summed E-state index contributed by atoms with van der Waals surface area (Å²) < 4.78 is 29.2. The lowest BCUT2D eigenvalue weighted by Crippen LogP contribution is -2.43. The van der Waals surface area contributed by atoms with Crippen LogP contribution in [0.5, 0.6) is 0 Å². The number of nitrogens with zero attached hydrogens (tertiary/aromatic N) is 1. The monoisotopic (exact) mass is 462 g/mol. The van der Waals surface area contributed by atoms with Gasteiger partial charge in [-0.1, -0.05) is 48.5 Å². The molecule has 7 nitrogen and oxygen atoms in total. The van der Waals surface area contributed by atoms with Crippen LogP contribution < -0.4 is 10.2 Å².